The first-order valence-corrected chi connectivity index (χ1v) is 8.20. The number of hydrogen-bond donors (Lipinski definition) is 2. The van der Waals surface area contributed by atoms with Crippen LogP contribution in [0.4, 0.5) is 5.69 Å². The van der Waals surface area contributed by atoms with Crippen molar-refractivity contribution in [2.45, 2.75) is 13.1 Å². The van der Waals surface area contributed by atoms with E-state index < -0.39 is 0 Å². The SMILES string of the molecule is COc1ccccc1CNC(=O)CN1CCNCc2ccccc21.Cl. The van der Waals surface area contributed by atoms with E-state index in [9.17, 15) is 4.79 Å². The van der Waals surface area contributed by atoms with Gasteiger partial charge in [0, 0.05) is 37.4 Å². The van der Waals surface area contributed by atoms with Crippen LogP contribution in [-0.4, -0.2) is 32.7 Å². The van der Waals surface area contributed by atoms with Crippen LogP contribution in [0.25, 0.3) is 0 Å². The summed E-state index contributed by atoms with van der Waals surface area (Å²) in [5.41, 5.74) is 3.34. The second-order valence-electron chi connectivity index (χ2n) is 5.82. The van der Waals surface area contributed by atoms with Crippen LogP contribution in [0.5, 0.6) is 5.75 Å². The molecule has 1 aliphatic rings. The fourth-order valence-corrected chi connectivity index (χ4v) is 2.96. The average molecular weight is 362 g/mol. The Hall–Kier alpha value is -2.24. The minimum absolute atomic E-state index is 0. The first kappa shape index (κ1) is 19.1. The van der Waals surface area contributed by atoms with E-state index in [1.54, 1.807) is 7.11 Å². The molecule has 0 bridgehead atoms. The molecule has 2 aromatic rings. The Balaban J connectivity index is 0.00000225. The van der Waals surface area contributed by atoms with Crippen molar-refractivity contribution in [1.82, 2.24) is 10.6 Å². The molecule has 0 saturated heterocycles. The van der Waals surface area contributed by atoms with Crippen LogP contribution in [0.1, 0.15) is 11.1 Å². The van der Waals surface area contributed by atoms with Gasteiger partial charge in [-0.3, -0.25) is 4.79 Å². The summed E-state index contributed by atoms with van der Waals surface area (Å²) >= 11 is 0. The van der Waals surface area contributed by atoms with E-state index in [2.05, 4.69) is 27.7 Å². The van der Waals surface area contributed by atoms with Crippen molar-refractivity contribution in [2.75, 3.05) is 31.6 Å². The van der Waals surface area contributed by atoms with Crippen molar-refractivity contribution >= 4 is 24.0 Å². The highest BCUT2D eigenvalue weighted by atomic mass is 35.5. The number of methoxy groups -OCH3 is 1. The van der Waals surface area contributed by atoms with Crippen LogP contribution in [0.3, 0.4) is 0 Å². The van der Waals surface area contributed by atoms with Crippen molar-refractivity contribution in [1.29, 1.82) is 0 Å². The van der Waals surface area contributed by atoms with E-state index in [0.717, 1.165) is 36.6 Å². The second-order valence-corrected chi connectivity index (χ2v) is 5.82. The fourth-order valence-electron chi connectivity index (χ4n) is 2.96. The van der Waals surface area contributed by atoms with Gasteiger partial charge in [-0.15, -0.1) is 12.4 Å². The maximum atomic E-state index is 12.4. The van der Waals surface area contributed by atoms with E-state index >= 15 is 0 Å². The molecule has 0 atom stereocenters. The zero-order valence-corrected chi connectivity index (χ0v) is 15.1. The highest BCUT2D eigenvalue weighted by Gasteiger charge is 2.17. The topological polar surface area (TPSA) is 53.6 Å². The molecule has 3 rings (SSSR count). The largest absolute Gasteiger partial charge is 0.496 e. The Morgan fingerprint density at radius 3 is 2.80 bits per heavy atom. The third kappa shape index (κ3) is 4.87. The minimum Gasteiger partial charge on any atom is -0.496 e. The van der Waals surface area contributed by atoms with Gasteiger partial charge in [0.2, 0.25) is 5.91 Å². The number of anilines is 1. The molecule has 2 N–H and O–H groups in total. The molecule has 0 saturated carbocycles. The van der Waals surface area contributed by atoms with Gasteiger partial charge in [-0.05, 0) is 17.7 Å². The number of carbonyl (C=O) groups is 1. The lowest BCUT2D eigenvalue weighted by molar-refractivity contribution is -0.119. The number of hydrogen-bond acceptors (Lipinski definition) is 4. The first-order chi connectivity index (χ1) is 11.8. The summed E-state index contributed by atoms with van der Waals surface area (Å²) in [6.07, 6.45) is 0. The van der Waals surface area contributed by atoms with Crippen molar-refractivity contribution in [3.8, 4) is 5.75 Å². The highest BCUT2D eigenvalue weighted by Crippen LogP contribution is 2.21. The molecule has 0 aromatic heterocycles. The van der Waals surface area contributed by atoms with E-state index in [4.69, 9.17) is 4.74 Å². The summed E-state index contributed by atoms with van der Waals surface area (Å²) in [7, 11) is 1.64. The van der Waals surface area contributed by atoms with E-state index in [1.165, 1.54) is 5.56 Å². The maximum Gasteiger partial charge on any atom is 0.239 e. The molecule has 0 aliphatic carbocycles. The van der Waals surface area contributed by atoms with Crippen LogP contribution in [0.15, 0.2) is 48.5 Å². The number of halogens is 1. The molecule has 5 nitrogen and oxygen atoms in total. The van der Waals surface area contributed by atoms with Crippen LogP contribution in [-0.2, 0) is 17.9 Å². The first-order valence-electron chi connectivity index (χ1n) is 8.20. The van der Waals surface area contributed by atoms with Crippen LogP contribution < -0.4 is 20.3 Å². The summed E-state index contributed by atoms with van der Waals surface area (Å²) in [4.78, 5) is 14.5. The van der Waals surface area contributed by atoms with Gasteiger partial charge in [0.15, 0.2) is 0 Å². The van der Waals surface area contributed by atoms with Crippen LogP contribution >= 0.6 is 12.4 Å². The Labute approximate surface area is 154 Å². The Kier molecular flexibility index (Phi) is 7.10. The zero-order valence-electron chi connectivity index (χ0n) is 14.3. The third-order valence-electron chi connectivity index (χ3n) is 4.21. The van der Waals surface area contributed by atoms with Gasteiger partial charge in [-0.2, -0.15) is 0 Å². The Morgan fingerprint density at radius 2 is 1.96 bits per heavy atom. The minimum atomic E-state index is 0. The number of ether oxygens (including phenoxy) is 1. The summed E-state index contributed by atoms with van der Waals surface area (Å²) < 4.78 is 5.32. The van der Waals surface area contributed by atoms with Crippen molar-refractivity contribution in [3.05, 3.63) is 59.7 Å². The molecular weight excluding hydrogens is 338 g/mol. The molecule has 1 aliphatic heterocycles. The number of carbonyl (C=O) groups excluding carboxylic acids is 1. The number of rotatable bonds is 5. The van der Waals surface area contributed by atoms with Crippen molar-refractivity contribution in [2.24, 2.45) is 0 Å². The zero-order chi connectivity index (χ0) is 16.8. The summed E-state index contributed by atoms with van der Waals surface area (Å²) in [6.45, 7) is 3.35. The second kappa shape index (κ2) is 9.30. The predicted molar refractivity (Wildman–Crippen MR) is 102 cm³/mol. The lowest BCUT2D eigenvalue weighted by Gasteiger charge is -2.24. The van der Waals surface area contributed by atoms with Gasteiger partial charge in [0.25, 0.3) is 0 Å². The molecule has 6 heteroatoms. The molecule has 0 unspecified atom stereocenters. The molecule has 0 radical (unpaired) electrons. The van der Waals surface area contributed by atoms with E-state index in [1.807, 2.05) is 36.4 Å². The lowest BCUT2D eigenvalue weighted by Crippen LogP contribution is -2.39. The van der Waals surface area contributed by atoms with Crippen LogP contribution in [0, 0.1) is 0 Å². The quantitative estimate of drug-likeness (QED) is 0.858. The summed E-state index contributed by atoms with van der Waals surface area (Å²) in [5.74, 6) is 0.805. The lowest BCUT2D eigenvalue weighted by atomic mass is 10.1. The number of benzene rings is 2. The summed E-state index contributed by atoms with van der Waals surface area (Å²) in [6, 6.07) is 16.0. The van der Waals surface area contributed by atoms with Gasteiger partial charge in [-0.1, -0.05) is 36.4 Å². The third-order valence-corrected chi connectivity index (χ3v) is 4.21. The molecular formula is C19H24ClN3O2. The van der Waals surface area contributed by atoms with Crippen molar-refractivity contribution in [3.63, 3.8) is 0 Å². The number of nitrogens with one attached hydrogen (secondary N) is 2. The predicted octanol–water partition coefficient (Wildman–Crippen LogP) is 2.34. The highest BCUT2D eigenvalue weighted by molar-refractivity contribution is 5.85. The van der Waals surface area contributed by atoms with Gasteiger partial charge < -0.3 is 20.3 Å². The standard InChI is InChI=1S/C19H23N3O2.ClH/c1-24-18-9-5-3-7-16(18)13-21-19(23)14-22-11-10-20-12-15-6-2-4-8-17(15)22;/h2-9,20H,10-14H2,1H3,(H,21,23);1H. The molecule has 2 aromatic carbocycles. The smallest absolute Gasteiger partial charge is 0.239 e. The maximum absolute atomic E-state index is 12.4. The molecule has 0 fully saturated rings. The Morgan fingerprint density at radius 1 is 1.20 bits per heavy atom. The van der Waals surface area contributed by atoms with Gasteiger partial charge in [0.05, 0.1) is 13.7 Å². The van der Waals surface area contributed by atoms with E-state index in [-0.39, 0.29) is 18.3 Å². The Bertz CT molecular complexity index is 709. The monoisotopic (exact) mass is 361 g/mol. The number of amides is 1. The fraction of sp³-hybridized carbons (Fsp3) is 0.316. The molecule has 1 heterocycles. The van der Waals surface area contributed by atoms with Crippen LogP contribution in [0.2, 0.25) is 0 Å². The normalized spacial score (nSPS) is 13.2. The molecule has 0 spiro atoms. The molecule has 1 amide bonds. The number of para-hydroxylation sites is 2. The van der Waals surface area contributed by atoms with Crippen molar-refractivity contribution < 1.29 is 9.53 Å². The van der Waals surface area contributed by atoms with Gasteiger partial charge in [-0.25, -0.2) is 0 Å². The number of nitrogens with zero attached hydrogens (tertiary/aromatic N) is 1. The van der Waals surface area contributed by atoms with Gasteiger partial charge >= 0.3 is 0 Å². The number of fused-ring (bicyclic) bond motifs is 1. The average Bonchev–Trinajstić information content (AvgIpc) is 2.83. The molecule has 134 valence electrons. The molecule has 25 heavy (non-hydrogen) atoms. The summed E-state index contributed by atoms with van der Waals surface area (Å²) in [5, 5.41) is 6.38. The van der Waals surface area contributed by atoms with Gasteiger partial charge in [0.1, 0.15) is 5.75 Å². The van der Waals surface area contributed by atoms with E-state index in [0.29, 0.717) is 13.1 Å².